The minimum atomic E-state index is -0.612. The standard InChI is InChI=1S/C27H25N5O4/c1-4-14-31-25-22(26(34)30(2)27(31)35)24(33)21(28-25)15-18-16-32(19-8-6-5-7-9-19)29-23(18)17-10-12-20(36-3)13-11-17/h5-13,15-16,28H,4,14H2,1-3H3. The molecule has 1 aliphatic heterocycles. The quantitative estimate of drug-likeness (QED) is 0.422. The zero-order chi connectivity index (χ0) is 25.4. The maximum absolute atomic E-state index is 13.3. The minimum absolute atomic E-state index is 0.0294. The van der Waals surface area contributed by atoms with Gasteiger partial charge in [-0.3, -0.25) is 18.7 Å². The first-order chi connectivity index (χ1) is 17.4. The summed E-state index contributed by atoms with van der Waals surface area (Å²) in [5.74, 6) is 0.500. The third-order valence-corrected chi connectivity index (χ3v) is 6.14. The number of benzene rings is 2. The van der Waals surface area contributed by atoms with Crippen LogP contribution in [-0.4, -0.2) is 31.8 Å². The van der Waals surface area contributed by atoms with E-state index < -0.39 is 17.0 Å². The molecule has 36 heavy (non-hydrogen) atoms. The molecule has 9 heteroatoms. The molecule has 9 nitrogen and oxygen atoms in total. The maximum atomic E-state index is 13.3. The topological polar surface area (TPSA) is 100 Å². The Bertz CT molecular complexity index is 1610. The van der Waals surface area contributed by atoms with Gasteiger partial charge in [0.25, 0.3) is 5.56 Å². The highest BCUT2D eigenvalue weighted by Crippen LogP contribution is 2.31. The van der Waals surface area contributed by atoms with Crippen molar-refractivity contribution in [3.05, 3.63) is 98.5 Å². The lowest BCUT2D eigenvalue weighted by Crippen LogP contribution is -2.40. The van der Waals surface area contributed by atoms with E-state index in [1.165, 1.54) is 11.6 Å². The van der Waals surface area contributed by atoms with Crippen molar-refractivity contribution < 1.29 is 9.53 Å². The van der Waals surface area contributed by atoms with Crippen molar-refractivity contribution in [1.29, 1.82) is 0 Å². The summed E-state index contributed by atoms with van der Waals surface area (Å²) in [5, 5.41) is 7.83. The molecule has 0 fully saturated rings. The van der Waals surface area contributed by atoms with E-state index in [0.29, 0.717) is 30.0 Å². The normalized spacial score (nSPS) is 13.6. The lowest BCUT2D eigenvalue weighted by atomic mass is 10.1. The summed E-state index contributed by atoms with van der Waals surface area (Å²) < 4.78 is 9.43. The molecule has 2 aromatic heterocycles. The number of anilines is 1. The van der Waals surface area contributed by atoms with E-state index in [2.05, 4.69) is 5.32 Å². The molecule has 0 radical (unpaired) electrons. The Balaban J connectivity index is 1.65. The van der Waals surface area contributed by atoms with E-state index in [-0.39, 0.29) is 17.1 Å². The first-order valence-corrected chi connectivity index (χ1v) is 11.6. The molecular weight excluding hydrogens is 458 g/mol. The number of ether oxygens (including phenoxy) is 1. The van der Waals surface area contributed by atoms with Crippen LogP contribution in [0.25, 0.3) is 23.0 Å². The SMILES string of the molecule is CCCn1c2c(c(=O)n(C)c1=O)C(=O)C(=Cc1cn(-c3ccccc3)nc1-c1ccc(OC)cc1)N2. The van der Waals surface area contributed by atoms with E-state index in [4.69, 9.17) is 9.84 Å². The van der Waals surface area contributed by atoms with Gasteiger partial charge in [-0.25, -0.2) is 9.48 Å². The second-order valence-corrected chi connectivity index (χ2v) is 8.48. The molecule has 0 spiro atoms. The second kappa shape index (κ2) is 9.18. The van der Waals surface area contributed by atoms with Gasteiger partial charge in [0.1, 0.15) is 22.8 Å². The molecule has 2 aromatic carbocycles. The number of nitrogens with one attached hydrogen (secondary N) is 1. The molecule has 0 saturated carbocycles. The number of rotatable bonds is 6. The fraction of sp³-hybridized carbons (Fsp3) is 0.185. The van der Waals surface area contributed by atoms with Gasteiger partial charge in [-0.2, -0.15) is 5.10 Å². The average molecular weight is 484 g/mol. The van der Waals surface area contributed by atoms with E-state index in [0.717, 1.165) is 15.8 Å². The van der Waals surface area contributed by atoms with Crippen LogP contribution in [0.2, 0.25) is 0 Å². The third kappa shape index (κ3) is 3.84. The van der Waals surface area contributed by atoms with Crippen LogP contribution in [0.5, 0.6) is 5.75 Å². The second-order valence-electron chi connectivity index (χ2n) is 8.48. The number of carbonyl (C=O) groups is 1. The van der Waals surface area contributed by atoms with Crippen LogP contribution in [0.3, 0.4) is 0 Å². The third-order valence-electron chi connectivity index (χ3n) is 6.14. The van der Waals surface area contributed by atoms with Crippen molar-refractivity contribution in [2.45, 2.75) is 19.9 Å². The van der Waals surface area contributed by atoms with E-state index in [1.54, 1.807) is 17.9 Å². The van der Waals surface area contributed by atoms with Gasteiger partial charge < -0.3 is 10.1 Å². The Kier molecular flexibility index (Phi) is 5.89. The van der Waals surface area contributed by atoms with Crippen LogP contribution in [0.1, 0.15) is 29.3 Å². The fourth-order valence-corrected chi connectivity index (χ4v) is 4.29. The Morgan fingerprint density at radius 1 is 1.03 bits per heavy atom. The number of fused-ring (bicyclic) bond motifs is 1. The average Bonchev–Trinajstić information content (AvgIpc) is 3.47. The van der Waals surface area contributed by atoms with Crippen molar-refractivity contribution in [2.75, 3.05) is 12.4 Å². The van der Waals surface area contributed by atoms with Gasteiger partial charge in [0.05, 0.1) is 18.5 Å². The highest BCUT2D eigenvalue weighted by atomic mass is 16.5. The summed E-state index contributed by atoms with van der Waals surface area (Å²) in [6, 6.07) is 17.1. The number of allylic oxidation sites excluding steroid dienone is 1. The molecule has 5 rings (SSSR count). The van der Waals surface area contributed by atoms with Crippen molar-refractivity contribution in [3.63, 3.8) is 0 Å². The molecule has 1 aliphatic rings. The highest BCUT2D eigenvalue weighted by Gasteiger charge is 2.32. The zero-order valence-electron chi connectivity index (χ0n) is 20.2. The summed E-state index contributed by atoms with van der Waals surface area (Å²) >= 11 is 0. The predicted molar refractivity (Wildman–Crippen MR) is 138 cm³/mol. The largest absolute Gasteiger partial charge is 0.497 e. The van der Waals surface area contributed by atoms with Crippen LogP contribution in [0, 0.1) is 0 Å². The van der Waals surface area contributed by atoms with Crippen LogP contribution in [0.4, 0.5) is 5.82 Å². The smallest absolute Gasteiger partial charge is 0.332 e. The number of methoxy groups -OCH3 is 1. The van der Waals surface area contributed by atoms with Crippen LogP contribution in [-0.2, 0) is 13.6 Å². The molecule has 0 bridgehead atoms. The Morgan fingerprint density at radius 2 is 1.75 bits per heavy atom. The summed E-state index contributed by atoms with van der Waals surface area (Å²) in [6.07, 6.45) is 4.18. The number of Topliss-reactive ketones (excluding diaryl/α,β-unsaturated/α-hetero) is 1. The van der Waals surface area contributed by atoms with E-state index in [1.807, 2.05) is 67.7 Å². The molecule has 182 valence electrons. The molecule has 0 saturated heterocycles. The molecule has 0 amide bonds. The van der Waals surface area contributed by atoms with Gasteiger partial charge in [-0.15, -0.1) is 0 Å². The Hall–Kier alpha value is -4.66. The lowest BCUT2D eigenvalue weighted by molar-refractivity contribution is 0.104. The van der Waals surface area contributed by atoms with Gasteiger partial charge >= 0.3 is 5.69 Å². The molecule has 0 atom stereocenters. The monoisotopic (exact) mass is 483 g/mol. The lowest BCUT2D eigenvalue weighted by Gasteiger charge is -2.11. The summed E-state index contributed by atoms with van der Waals surface area (Å²) in [6.45, 7) is 2.31. The number of para-hydroxylation sites is 1. The zero-order valence-corrected chi connectivity index (χ0v) is 20.2. The van der Waals surface area contributed by atoms with Gasteiger partial charge in [0.15, 0.2) is 0 Å². The summed E-state index contributed by atoms with van der Waals surface area (Å²) in [5.41, 5.74) is 2.12. The van der Waals surface area contributed by atoms with Crippen molar-refractivity contribution in [2.24, 2.45) is 7.05 Å². The number of nitrogens with zero attached hydrogens (tertiary/aromatic N) is 4. The van der Waals surface area contributed by atoms with Crippen LogP contribution in [0.15, 0.2) is 76.1 Å². The van der Waals surface area contributed by atoms with Gasteiger partial charge in [-0.05, 0) is 48.9 Å². The number of ketones is 1. The van der Waals surface area contributed by atoms with Gasteiger partial charge in [-0.1, -0.05) is 25.1 Å². The van der Waals surface area contributed by atoms with Crippen LogP contribution >= 0.6 is 0 Å². The van der Waals surface area contributed by atoms with Crippen molar-refractivity contribution in [3.8, 4) is 22.7 Å². The van der Waals surface area contributed by atoms with Gasteiger partial charge in [0.2, 0.25) is 5.78 Å². The maximum Gasteiger partial charge on any atom is 0.332 e. The van der Waals surface area contributed by atoms with E-state index in [9.17, 15) is 14.4 Å². The van der Waals surface area contributed by atoms with Crippen LogP contribution < -0.4 is 21.3 Å². The van der Waals surface area contributed by atoms with Crippen molar-refractivity contribution in [1.82, 2.24) is 18.9 Å². The van der Waals surface area contributed by atoms with E-state index >= 15 is 0 Å². The number of hydrogen-bond acceptors (Lipinski definition) is 6. The Morgan fingerprint density at radius 3 is 2.42 bits per heavy atom. The molecule has 1 N–H and O–H groups in total. The summed E-state index contributed by atoms with van der Waals surface area (Å²) in [7, 11) is 2.99. The molecule has 0 unspecified atom stereocenters. The molecule has 0 aliphatic carbocycles. The number of aromatic nitrogens is 4. The molecule has 3 heterocycles. The minimum Gasteiger partial charge on any atom is -0.497 e. The number of hydrogen-bond donors (Lipinski definition) is 1. The first-order valence-electron chi connectivity index (χ1n) is 11.6. The molecular formula is C27H25N5O4. The Labute approximate surface area is 206 Å². The number of carbonyl (C=O) groups excluding carboxylic acids is 1. The molecule has 4 aromatic rings. The predicted octanol–water partition coefficient (Wildman–Crippen LogP) is 3.47. The van der Waals surface area contributed by atoms with Gasteiger partial charge in [0, 0.05) is 30.9 Å². The first kappa shape index (κ1) is 23.1. The summed E-state index contributed by atoms with van der Waals surface area (Å²) in [4.78, 5) is 38.9. The van der Waals surface area contributed by atoms with Crippen molar-refractivity contribution >= 4 is 17.7 Å². The highest BCUT2D eigenvalue weighted by molar-refractivity contribution is 6.20. The fourth-order valence-electron chi connectivity index (χ4n) is 4.29.